The van der Waals surface area contributed by atoms with Crippen molar-refractivity contribution in [2.45, 2.75) is 20.8 Å². The maximum absolute atomic E-state index is 4.18. The summed E-state index contributed by atoms with van der Waals surface area (Å²) in [5.74, 6) is 0.557. The fourth-order valence-electron chi connectivity index (χ4n) is 0.936. The molecule has 0 fully saturated rings. The second-order valence-corrected chi connectivity index (χ2v) is 3.43. The van der Waals surface area contributed by atoms with Crippen molar-refractivity contribution in [3.05, 3.63) is 30.1 Å². The van der Waals surface area contributed by atoms with Crippen molar-refractivity contribution in [1.82, 2.24) is 9.78 Å². The Balaban J connectivity index is 2.96. The van der Waals surface area contributed by atoms with Crippen molar-refractivity contribution in [3.8, 4) is 0 Å². The van der Waals surface area contributed by atoms with Crippen LogP contribution in [0.15, 0.2) is 24.4 Å². The summed E-state index contributed by atoms with van der Waals surface area (Å²) in [6, 6.07) is 1.94. The molecule has 0 bridgehead atoms. The van der Waals surface area contributed by atoms with E-state index in [9.17, 15) is 0 Å². The normalized spacial score (nSPS) is 12.2. The first kappa shape index (κ1) is 9.78. The van der Waals surface area contributed by atoms with Crippen LogP contribution in [0.1, 0.15) is 26.5 Å². The summed E-state index contributed by atoms with van der Waals surface area (Å²) in [7, 11) is 0. The van der Waals surface area contributed by atoms with Gasteiger partial charge in [0, 0.05) is 12.4 Å². The zero-order valence-electron chi connectivity index (χ0n) is 8.49. The molecule has 0 N–H and O–H groups in total. The van der Waals surface area contributed by atoms with E-state index in [1.807, 2.05) is 16.9 Å². The lowest BCUT2D eigenvalue weighted by Crippen LogP contribution is -1.96. The predicted molar refractivity (Wildman–Crippen MR) is 57.1 cm³/mol. The average molecular weight is 176 g/mol. The molecule has 0 aliphatic carbocycles. The Hall–Kier alpha value is -1.31. The molecule has 0 saturated heterocycles. The van der Waals surface area contributed by atoms with Crippen molar-refractivity contribution >= 4 is 12.3 Å². The number of hydrogen-bond acceptors (Lipinski definition) is 1. The number of aromatic nitrogens is 2. The maximum Gasteiger partial charge on any atom is 0.0655 e. The van der Waals surface area contributed by atoms with Crippen LogP contribution in [0.3, 0.4) is 0 Å². The van der Waals surface area contributed by atoms with E-state index in [1.54, 1.807) is 12.3 Å². The van der Waals surface area contributed by atoms with Crippen molar-refractivity contribution in [2.75, 3.05) is 0 Å². The Morgan fingerprint density at radius 1 is 1.62 bits per heavy atom. The molecule has 0 aliphatic heterocycles. The first-order chi connectivity index (χ1) is 6.15. The zero-order valence-corrected chi connectivity index (χ0v) is 8.49. The van der Waals surface area contributed by atoms with Gasteiger partial charge in [-0.25, -0.2) is 4.68 Å². The zero-order chi connectivity index (χ0) is 9.84. The Morgan fingerprint density at radius 2 is 2.31 bits per heavy atom. The van der Waals surface area contributed by atoms with Crippen molar-refractivity contribution in [1.29, 1.82) is 0 Å². The maximum atomic E-state index is 4.18. The molecule has 13 heavy (non-hydrogen) atoms. The van der Waals surface area contributed by atoms with Gasteiger partial charge in [-0.3, -0.25) is 0 Å². The van der Waals surface area contributed by atoms with Crippen LogP contribution in [0.2, 0.25) is 0 Å². The average Bonchev–Trinajstić information content (AvgIpc) is 2.51. The molecule has 1 heterocycles. The minimum atomic E-state index is 0.557. The summed E-state index contributed by atoms with van der Waals surface area (Å²) < 4.78 is 1.85. The van der Waals surface area contributed by atoms with Gasteiger partial charge in [0.1, 0.15) is 0 Å². The standard InChI is InChI=1S/C11H16N2/c1-5-11-6-7-12-13(11)8-10(4)9(2)3/h5-9H,1H2,2-4H3/b10-8+. The highest BCUT2D eigenvalue weighted by atomic mass is 15.3. The molecule has 70 valence electrons. The fraction of sp³-hybridized carbons (Fsp3) is 0.364. The van der Waals surface area contributed by atoms with E-state index in [1.165, 1.54) is 5.57 Å². The molecule has 0 aliphatic rings. The third kappa shape index (κ3) is 2.31. The summed E-state index contributed by atoms with van der Waals surface area (Å²) in [5, 5.41) is 4.18. The molecule has 0 radical (unpaired) electrons. The number of rotatable bonds is 3. The summed E-state index contributed by atoms with van der Waals surface area (Å²) in [6.45, 7) is 10.2. The number of nitrogens with zero attached hydrogens (tertiary/aromatic N) is 2. The van der Waals surface area contributed by atoms with E-state index in [-0.39, 0.29) is 0 Å². The fourth-order valence-corrected chi connectivity index (χ4v) is 0.936. The molecule has 0 amide bonds. The summed E-state index contributed by atoms with van der Waals surface area (Å²) in [6.07, 6.45) is 5.62. The third-order valence-electron chi connectivity index (χ3n) is 2.15. The van der Waals surface area contributed by atoms with Crippen LogP contribution in [-0.4, -0.2) is 9.78 Å². The van der Waals surface area contributed by atoms with Gasteiger partial charge in [-0.2, -0.15) is 5.10 Å². The van der Waals surface area contributed by atoms with Gasteiger partial charge in [-0.1, -0.05) is 26.0 Å². The number of allylic oxidation sites excluding steroid dienone is 1. The summed E-state index contributed by atoms with van der Waals surface area (Å²) in [5.41, 5.74) is 2.34. The van der Waals surface area contributed by atoms with E-state index in [2.05, 4.69) is 32.4 Å². The van der Waals surface area contributed by atoms with Gasteiger partial charge in [0.05, 0.1) is 5.69 Å². The van der Waals surface area contributed by atoms with Crippen LogP contribution in [0.4, 0.5) is 0 Å². The highest BCUT2D eigenvalue weighted by molar-refractivity contribution is 5.46. The van der Waals surface area contributed by atoms with E-state index >= 15 is 0 Å². The first-order valence-electron chi connectivity index (χ1n) is 4.49. The lowest BCUT2D eigenvalue weighted by molar-refractivity contribution is 0.762. The van der Waals surface area contributed by atoms with E-state index < -0.39 is 0 Å². The molecule has 0 unspecified atom stereocenters. The molecule has 0 spiro atoms. The molecule has 2 nitrogen and oxygen atoms in total. The van der Waals surface area contributed by atoms with Crippen molar-refractivity contribution in [3.63, 3.8) is 0 Å². The first-order valence-corrected chi connectivity index (χ1v) is 4.49. The molecule has 0 atom stereocenters. The smallest absolute Gasteiger partial charge is 0.0655 e. The molecule has 0 aromatic carbocycles. The topological polar surface area (TPSA) is 17.8 Å². The number of hydrogen-bond donors (Lipinski definition) is 0. The van der Waals surface area contributed by atoms with Gasteiger partial charge in [0.15, 0.2) is 0 Å². The van der Waals surface area contributed by atoms with Gasteiger partial charge in [-0.15, -0.1) is 0 Å². The SMILES string of the molecule is C=Cc1ccnn1/C=C(\C)C(C)C. The Morgan fingerprint density at radius 3 is 2.85 bits per heavy atom. The highest BCUT2D eigenvalue weighted by Gasteiger charge is 1.98. The second-order valence-electron chi connectivity index (χ2n) is 3.43. The van der Waals surface area contributed by atoms with Crippen LogP contribution >= 0.6 is 0 Å². The monoisotopic (exact) mass is 176 g/mol. The van der Waals surface area contributed by atoms with Crippen LogP contribution in [-0.2, 0) is 0 Å². The largest absolute Gasteiger partial charge is 0.241 e. The van der Waals surface area contributed by atoms with E-state index in [0.717, 1.165) is 5.69 Å². The summed E-state index contributed by atoms with van der Waals surface area (Å²) >= 11 is 0. The molecular formula is C11H16N2. The lowest BCUT2D eigenvalue weighted by Gasteiger charge is -2.05. The Kier molecular flexibility index (Phi) is 3.07. The Bertz CT molecular complexity index is 319. The molecular weight excluding hydrogens is 160 g/mol. The van der Waals surface area contributed by atoms with Crippen LogP contribution < -0.4 is 0 Å². The van der Waals surface area contributed by atoms with Gasteiger partial charge in [0.2, 0.25) is 0 Å². The lowest BCUT2D eigenvalue weighted by atomic mass is 10.1. The quantitative estimate of drug-likeness (QED) is 0.692. The molecule has 0 saturated carbocycles. The minimum absolute atomic E-state index is 0.557. The van der Waals surface area contributed by atoms with Gasteiger partial charge in [-0.05, 0) is 25.0 Å². The molecule has 1 rings (SSSR count). The molecule has 1 aromatic rings. The minimum Gasteiger partial charge on any atom is -0.241 e. The third-order valence-corrected chi connectivity index (χ3v) is 2.15. The van der Waals surface area contributed by atoms with Gasteiger partial charge in [0.25, 0.3) is 0 Å². The van der Waals surface area contributed by atoms with Crippen LogP contribution in [0.5, 0.6) is 0 Å². The van der Waals surface area contributed by atoms with Crippen LogP contribution in [0.25, 0.3) is 12.3 Å². The van der Waals surface area contributed by atoms with Crippen molar-refractivity contribution in [2.24, 2.45) is 5.92 Å². The van der Waals surface area contributed by atoms with E-state index in [0.29, 0.717) is 5.92 Å². The molecule has 1 aromatic heterocycles. The second kappa shape index (κ2) is 4.08. The van der Waals surface area contributed by atoms with Gasteiger partial charge < -0.3 is 0 Å². The Labute approximate surface area is 79.6 Å². The highest BCUT2D eigenvalue weighted by Crippen LogP contribution is 2.10. The summed E-state index contributed by atoms with van der Waals surface area (Å²) in [4.78, 5) is 0. The van der Waals surface area contributed by atoms with Gasteiger partial charge >= 0.3 is 0 Å². The van der Waals surface area contributed by atoms with E-state index in [4.69, 9.17) is 0 Å². The predicted octanol–water partition coefficient (Wildman–Crippen LogP) is 3.04. The molecule has 2 heteroatoms. The van der Waals surface area contributed by atoms with Crippen LogP contribution in [0, 0.1) is 5.92 Å². The van der Waals surface area contributed by atoms with Crippen molar-refractivity contribution < 1.29 is 0 Å².